The molecule has 118 valence electrons. The third-order valence-corrected chi connectivity index (χ3v) is 4.29. The molecule has 22 heavy (non-hydrogen) atoms. The monoisotopic (exact) mass is 415 g/mol. The van der Waals surface area contributed by atoms with Crippen LogP contribution in [0.15, 0.2) is 24.4 Å². The van der Waals surface area contributed by atoms with Gasteiger partial charge in [-0.25, -0.2) is 4.39 Å². The molecule has 0 spiro atoms. The average Bonchev–Trinajstić information content (AvgIpc) is 2.52. The van der Waals surface area contributed by atoms with E-state index in [-0.39, 0.29) is 5.56 Å². The van der Waals surface area contributed by atoms with E-state index in [4.69, 9.17) is 0 Å². The Hall–Kier alpha value is -1.28. The van der Waals surface area contributed by atoms with Gasteiger partial charge in [0.05, 0.1) is 11.1 Å². The summed E-state index contributed by atoms with van der Waals surface area (Å²) in [4.78, 5) is 18.5. The number of amides is 1. The first-order chi connectivity index (χ1) is 10.6. The zero-order chi connectivity index (χ0) is 16.1. The summed E-state index contributed by atoms with van der Waals surface area (Å²) in [5.41, 5.74) is 0.548. The van der Waals surface area contributed by atoms with Crippen LogP contribution in [0.5, 0.6) is 0 Å². The molecule has 0 radical (unpaired) electrons. The van der Waals surface area contributed by atoms with E-state index in [0.717, 1.165) is 23.2 Å². The Morgan fingerprint density at radius 1 is 1.36 bits per heavy atom. The van der Waals surface area contributed by atoms with Gasteiger partial charge >= 0.3 is 0 Å². The van der Waals surface area contributed by atoms with Crippen LogP contribution < -0.4 is 5.32 Å². The number of hydrogen-bond donors (Lipinski definition) is 1. The van der Waals surface area contributed by atoms with Crippen molar-refractivity contribution in [3.8, 4) is 0 Å². The molecule has 0 aliphatic heterocycles. The van der Waals surface area contributed by atoms with Gasteiger partial charge in [-0.1, -0.05) is 13.8 Å². The molecule has 2 rings (SSSR count). The lowest BCUT2D eigenvalue weighted by Gasteiger charge is -2.18. The number of nitrogens with one attached hydrogen (secondary N) is 1. The minimum Gasteiger partial charge on any atom is -0.351 e. The van der Waals surface area contributed by atoms with Crippen molar-refractivity contribution in [2.75, 3.05) is 26.2 Å². The molecule has 1 amide bonds. The van der Waals surface area contributed by atoms with E-state index in [1.807, 2.05) is 6.07 Å². The van der Waals surface area contributed by atoms with Gasteiger partial charge in [-0.15, -0.1) is 0 Å². The summed E-state index contributed by atoms with van der Waals surface area (Å²) in [6, 6.07) is 5.31. The topological polar surface area (TPSA) is 45.2 Å². The van der Waals surface area contributed by atoms with Gasteiger partial charge in [0.25, 0.3) is 5.91 Å². The number of hydrogen-bond acceptors (Lipinski definition) is 3. The van der Waals surface area contributed by atoms with E-state index >= 15 is 0 Å². The van der Waals surface area contributed by atoms with E-state index < -0.39 is 11.7 Å². The minimum absolute atomic E-state index is 0.00551. The van der Waals surface area contributed by atoms with Gasteiger partial charge in [-0.3, -0.25) is 9.78 Å². The van der Waals surface area contributed by atoms with Gasteiger partial charge in [0, 0.05) is 28.2 Å². The van der Waals surface area contributed by atoms with Crippen molar-refractivity contribution in [3.05, 3.63) is 39.3 Å². The molecule has 0 atom stereocenters. The number of carbonyl (C=O) groups excluding carboxylic acids is 1. The Kier molecular flexibility index (Phi) is 6.07. The molecule has 0 saturated heterocycles. The molecule has 0 unspecified atom stereocenters. The van der Waals surface area contributed by atoms with E-state index in [9.17, 15) is 9.18 Å². The molecule has 1 aromatic heterocycles. The Labute approximate surface area is 143 Å². The van der Waals surface area contributed by atoms with Gasteiger partial charge in [-0.2, -0.15) is 0 Å². The lowest BCUT2D eigenvalue weighted by Crippen LogP contribution is -2.35. The van der Waals surface area contributed by atoms with Gasteiger partial charge in [0.2, 0.25) is 0 Å². The molecule has 2 aromatic rings. The molecule has 4 nitrogen and oxygen atoms in total. The zero-order valence-corrected chi connectivity index (χ0v) is 14.9. The van der Waals surface area contributed by atoms with Gasteiger partial charge < -0.3 is 10.2 Å². The highest BCUT2D eigenvalue weighted by molar-refractivity contribution is 14.1. The van der Waals surface area contributed by atoms with Crippen molar-refractivity contribution in [3.63, 3.8) is 0 Å². The maximum atomic E-state index is 14.5. The summed E-state index contributed by atoms with van der Waals surface area (Å²) in [6.45, 7) is 7.23. The fraction of sp³-hybridized carbons (Fsp3) is 0.375. The number of aromatic nitrogens is 1. The van der Waals surface area contributed by atoms with Crippen molar-refractivity contribution in [2.45, 2.75) is 13.8 Å². The summed E-state index contributed by atoms with van der Waals surface area (Å²) >= 11 is 2.11. The summed E-state index contributed by atoms with van der Waals surface area (Å²) < 4.78 is 15.4. The minimum atomic E-state index is -0.510. The standard InChI is InChI=1S/C16H19FIN3O/c1-3-21(4-2)8-7-19-16(22)13-10-20-14-6-5-11(18)9-12(14)15(13)17/h5-6,9-10H,3-4,7-8H2,1-2H3,(H,19,22). The fourth-order valence-electron chi connectivity index (χ4n) is 2.25. The van der Waals surface area contributed by atoms with Crippen LogP contribution in [0.1, 0.15) is 24.2 Å². The molecule has 1 N–H and O–H groups in total. The lowest BCUT2D eigenvalue weighted by atomic mass is 10.1. The first-order valence-electron chi connectivity index (χ1n) is 7.31. The molecule has 0 aliphatic rings. The highest BCUT2D eigenvalue weighted by atomic mass is 127. The molecule has 1 aromatic carbocycles. The Morgan fingerprint density at radius 3 is 2.77 bits per heavy atom. The van der Waals surface area contributed by atoms with Crippen LogP contribution in [0.2, 0.25) is 0 Å². The van der Waals surface area contributed by atoms with Crippen LogP contribution in [0.25, 0.3) is 10.9 Å². The Morgan fingerprint density at radius 2 is 2.09 bits per heavy atom. The van der Waals surface area contributed by atoms with Crippen molar-refractivity contribution in [1.29, 1.82) is 0 Å². The fourth-order valence-corrected chi connectivity index (χ4v) is 2.74. The van der Waals surface area contributed by atoms with Crippen LogP contribution >= 0.6 is 22.6 Å². The smallest absolute Gasteiger partial charge is 0.255 e. The summed E-state index contributed by atoms with van der Waals surface area (Å²) in [5.74, 6) is -0.929. The number of halogens is 2. The molecule has 0 aliphatic carbocycles. The number of nitrogens with zero attached hydrogens (tertiary/aromatic N) is 2. The quantitative estimate of drug-likeness (QED) is 0.738. The second-order valence-corrected chi connectivity index (χ2v) is 6.18. The number of fused-ring (bicyclic) bond motifs is 1. The van der Waals surface area contributed by atoms with Crippen LogP contribution in [-0.4, -0.2) is 42.0 Å². The van der Waals surface area contributed by atoms with Crippen LogP contribution in [0.3, 0.4) is 0 Å². The predicted octanol–water partition coefficient (Wildman–Crippen LogP) is 3.05. The van der Waals surface area contributed by atoms with Crippen LogP contribution in [-0.2, 0) is 0 Å². The van der Waals surface area contributed by atoms with Crippen LogP contribution in [0.4, 0.5) is 4.39 Å². The highest BCUT2D eigenvalue weighted by Crippen LogP contribution is 2.21. The predicted molar refractivity (Wildman–Crippen MR) is 94.5 cm³/mol. The number of carbonyl (C=O) groups is 1. The van der Waals surface area contributed by atoms with Crippen molar-refractivity contribution in [1.82, 2.24) is 15.2 Å². The molecule has 1 heterocycles. The summed E-state index contributed by atoms with van der Waals surface area (Å²) in [5, 5.41) is 3.13. The van der Waals surface area contributed by atoms with E-state index in [1.165, 1.54) is 6.20 Å². The lowest BCUT2D eigenvalue weighted by molar-refractivity contribution is 0.0945. The number of benzene rings is 1. The molecule has 0 saturated carbocycles. The second-order valence-electron chi connectivity index (χ2n) is 4.93. The van der Waals surface area contributed by atoms with E-state index in [1.54, 1.807) is 12.1 Å². The molecule has 0 fully saturated rings. The maximum absolute atomic E-state index is 14.5. The Bertz CT molecular complexity index is 674. The molecule has 6 heteroatoms. The SMILES string of the molecule is CCN(CC)CCNC(=O)c1cnc2ccc(I)cc2c1F. The third kappa shape index (κ3) is 3.92. The summed E-state index contributed by atoms with van der Waals surface area (Å²) in [7, 11) is 0. The zero-order valence-electron chi connectivity index (χ0n) is 12.7. The van der Waals surface area contributed by atoms with E-state index in [0.29, 0.717) is 17.4 Å². The highest BCUT2D eigenvalue weighted by Gasteiger charge is 2.15. The van der Waals surface area contributed by atoms with Crippen LogP contribution in [0, 0.1) is 9.39 Å². The molecular formula is C16H19FIN3O. The summed E-state index contributed by atoms with van der Waals surface area (Å²) in [6.07, 6.45) is 1.30. The maximum Gasteiger partial charge on any atom is 0.255 e. The number of likely N-dealkylation sites (N-methyl/N-ethyl adjacent to an activating group) is 1. The average molecular weight is 415 g/mol. The largest absolute Gasteiger partial charge is 0.351 e. The van der Waals surface area contributed by atoms with Crippen molar-refractivity contribution >= 4 is 39.4 Å². The second kappa shape index (κ2) is 7.82. The van der Waals surface area contributed by atoms with E-state index in [2.05, 4.69) is 51.6 Å². The van der Waals surface area contributed by atoms with Gasteiger partial charge in [-0.05, 0) is 53.9 Å². The molecule has 0 bridgehead atoms. The normalized spacial score (nSPS) is 11.1. The molecular weight excluding hydrogens is 396 g/mol. The van der Waals surface area contributed by atoms with Gasteiger partial charge in [0.15, 0.2) is 0 Å². The number of pyridine rings is 1. The first-order valence-corrected chi connectivity index (χ1v) is 8.39. The van der Waals surface area contributed by atoms with Crippen molar-refractivity contribution in [2.24, 2.45) is 0 Å². The first kappa shape index (κ1) is 17.1. The number of rotatable bonds is 6. The third-order valence-electron chi connectivity index (χ3n) is 3.62. The van der Waals surface area contributed by atoms with Crippen molar-refractivity contribution < 1.29 is 9.18 Å². The van der Waals surface area contributed by atoms with Gasteiger partial charge in [0.1, 0.15) is 5.82 Å². The Balaban J connectivity index is 2.13.